The van der Waals surface area contributed by atoms with Crippen LogP contribution in [0.15, 0.2) is 48.5 Å². The molecule has 3 aromatic rings. The third-order valence-electron chi connectivity index (χ3n) is 5.90. The molecule has 4 N–H and O–H groups in total. The zero-order valence-electron chi connectivity index (χ0n) is 19.8. The maximum atomic E-state index is 14.2. The molecule has 1 aromatic heterocycles. The summed E-state index contributed by atoms with van der Waals surface area (Å²) >= 11 is 0. The number of hydrogen-bond acceptors (Lipinski definition) is 8. The number of alkyl halides is 3. The van der Waals surface area contributed by atoms with Crippen LogP contribution in [0.5, 0.6) is 0 Å². The van der Waals surface area contributed by atoms with E-state index in [0.29, 0.717) is 5.56 Å². The Labute approximate surface area is 209 Å². The number of esters is 1. The van der Waals surface area contributed by atoms with Crippen LogP contribution in [-0.2, 0) is 15.7 Å². The summed E-state index contributed by atoms with van der Waals surface area (Å²) in [4.78, 5) is 18.5. The third-order valence-corrected chi connectivity index (χ3v) is 5.90. The number of carbonyl (C=O) groups is 1. The maximum Gasteiger partial charge on any atom is 0.417 e. The Bertz CT molecular complexity index is 1260. The number of aromatic nitrogens is 1. The summed E-state index contributed by atoms with van der Waals surface area (Å²) in [5.41, 5.74) is -1.04. The van der Waals surface area contributed by atoms with Crippen molar-refractivity contribution >= 4 is 16.9 Å². The minimum absolute atomic E-state index is 0.168. The van der Waals surface area contributed by atoms with E-state index in [1.807, 2.05) is 0 Å². The highest BCUT2D eigenvalue weighted by Gasteiger charge is 2.46. The molecule has 0 aliphatic carbocycles. The first-order valence-corrected chi connectivity index (χ1v) is 11.4. The maximum absolute atomic E-state index is 14.2. The molecule has 0 bridgehead atoms. The van der Waals surface area contributed by atoms with E-state index in [1.54, 1.807) is 44.2 Å². The number of aliphatic hydroxyl groups is 4. The molecule has 0 amide bonds. The Balaban J connectivity index is 1.93. The van der Waals surface area contributed by atoms with Gasteiger partial charge in [0.15, 0.2) is 5.69 Å². The molecular weight excluding hydrogens is 499 g/mol. The van der Waals surface area contributed by atoms with E-state index in [2.05, 4.69) is 0 Å². The Hall–Kier alpha value is -3.16. The zero-order chi connectivity index (χ0) is 27.1. The number of benzene rings is 2. The van der Waals surface area contributed by atoms with E-state index >= 15 is 0 Å². The fourth-order valence-electron chi connectivity index (χ4n) is 4.10. The molecule has 200 valence electrons. The Kier molecular flexibility index (Phi) is 7.49. The highest BCUT2D eigenvalue weighted by molar-refractivity contribution is 5.98. The monoisotopic (exact) mass is 525 g/mol. The van der Waals surface area contributed by atoms with E-state index < -0.39 is 66.8 Å². The Morgan fingerprint density at radius 2 is 1.70 bits per heavy atom. The standard InChI is InChI=1S/C25H26F3NO8/c1-12(2)35-23(34)18-10-15-16(25(26,27)28)8-14(13-6-4-3-5-7-13)9-17(15)29(18)37-24-22(33)21(32)20(31)19(11-30)36-24/h3-10,12,19-22,24,30-33H,11H2,1-2H3/t19-,20-,21+,22-,24+/m1/s1. The second-order valence-electron chi connectivity index (χ2n) is 8.90. The highest BCUT2D eigenvalue weighted by Crippen LogP contribution is 2.39. The van der Waals surface area contributed by atoms with Gasteiger partial charge in [-0.3, -0.25) is 0 Å². The lowest BCUT2D eigenvalue weighted by molar-refractivity contribution is -0.299. The number of hydrogen-bond donors (Lipinski definition) is 4. The minimum Gasteiger partial charge on any atom is -0.458 e. The van der Waals surface area contributed by atoms with Gasteiger partial charge in [0.1, 0.15) is 24.4 Å². The van der Waals surface area contributed by atoms with Gasteiger partial charge in [-0.15, -0.1) is 0 Å². The van der Waals surface area contributed by atoms with E-state index in [9.17, 15) is 38.4 Å². The first-order chi connectivity index (χ1) is 17.4. The number of fused-ring (bicyclic) bond motifs is 1. The Morgan fingerprint density at radius 1 is 1.03 bits per heavy atom. The number of carbonyl (C=O) groups excluding carboxylic acids is 1. The van der Waals surface area contributed by atoms with Gasteiger partial charge in [-0.25, -0.2) is 4.79 Å². The molecule has 2 aromatic carbocycles. The zero-order valence-corrected chi connectivity index (χ0v) is 19.8. The number of aliphatic hydroxyl groups excluding tert-OH is 4. The molecule has 1 aliphatic heterocycles. The lowest BCUT2D eigenvalue weighted by Gasteiger charge is -2.39. The molecule has 1 fully saturated rings. The van der Waals surface area contributed by atoms with Crippen LogP contribution in [0.4, 0.5) is 13.2 Å². The summed E-state index contributed by atoms with van der Waals surface area (Å²) in [6, 6.07) is 11.5. The van der Waals surface area contributed by atoms with Crippen molar-refractivity contribution in [3.8, 4) is 11.1 Å². The summed E-state index contributed by atoms with van der Waals surface area (Å²) in [6.07, 6.45) is -13.9. The van der Waals surface area contributed by atoms with E-state index in [1.165, 1.54) is 6.07 Å². The van der Waals surface area contributed by atoms with Crippen LogP contribution in [-0.4, -0.2) is 74.5 Å². The predicted molar refractivity (Wildman–Crippen MR) is 123 cm³/mol. The van der Waals surface area contributed by atoms with Crippen molar-refractivity contribution in [3.05, 3.63) is 59.8 Å². The number of ether oxygens (including phenoxy) is 2. The molecule has 1 aliphatic rings. The van der Waals surface area contributed by atoms with Crippen molar-refractivity contribution in [1.29, 1.82) is 0 Å². The lowest BCUT2D eigenvalue weighted by atomic mass is 9.99. The molecule has 0 unspecified atom stereocenters. The summed E-state index contributed by atoms with van der Waals surface area (Å²) in [7, 11) is 0. The molecule has 2 heterocycles. The van der Waals surface area contributed by atoms with Gasteiger partial charge in [0, 0.05) is 5.39 Å². The fraction of sp³-hybridized carbons (Fsp3) is 0.400. The average Bonchev–Trinajstić information content (AvgIpc) is 3.21. The molecule has 9 nitrogen and oxygen atoms in total. The first kappa shape index (κ1) is 26.9. The Morgan fingerprint density at radius 3 is 2.30 bits per heavy atom. The van der Waals surface area contributed by atoms with Crippen molar-refractivity contribution in [2.45, 2.75) is 56.8 Å². The van der Waals surface area contributed by atoms with Crippen LogP contribution < -0.4 is 4.84 Å². The van der Waals surface area contributed by atoms with Gasteiger partial charge in [0.25, 0.3) is 6.29 Å². The fourth-order valence-corrected chi connectivity index (χ4v) is 4.10. The number of nitrogens with zero attached hydrogens (tertiary/aromatic N) is 1. The van der Waals surface area contributed by atoms with Gasteiger partial charge in [-0.1, -0.05) is 30.3 Å². The van der Waals surface area contributed by atoms with Crippen LogP contribution in [0.25, 0.3) is 22.0 Å². The van der Waals surface area contributed by atoms with Crippen LogP contribution in [0, 0.1) is 0 Å². The smallest absolute Gasteiger partial charge is 0.417 e. The van der Waals surface area contributed by atoms with Crippen molar-refractivity contribution in [1.82, 2.24) is 4.73 Å². The van der Waals surface area contributed by atoms with Crippen LogP contribution >= 0.6 is 0 Å². The average molecular weight is 525 g/mol. The van der Waals surface area contributed by atoms with Crippen LogP contribution in [0.1, 0.15) is 29.9 Å². The second kappa shape index (κ2) is 10.3. The van der Waals surface area contributed by atoms with Crippen molar-refractivity contribution in [2.75, 3.05) is 6.61 Å². The van der Waals surface area contributed by atoms with E-state index in [0.717, 1.165) is 16.9 Å². The molecule has 4 rings (SSSR count). The molecule has 0 spiro atoms. The molecule has 37 heavy (non-hydrogen) atoms. The minimum atomic E-state index is -4.81. The largest absolute Gasteiger partial charge is 0.458 e. The summed E-state index contributed by atoms with van der Waals surface area (Å²) < 4.78 is 53.8. The van der Waals surface area contributed by atoms with Gasteiger partial charge in [-0.2, -0.15) is 17.9 Å². The quantitative estimate of drug-likeness (QED) is 0.360. The summed E-state index contributed by atoms with van der Waals surface area (Å²) in [5.74, 6) is -1.01. The molecule has 0 radical (unpaired) electrons. The lowest BCUT2D eigenvalue weighted by Crippen LogP contribution is -2.61. The molecule has 12 heteroatoms. The topological polar surface area (TPSA) is 131 Å². The van der Waals surface area contributed by atoms with Gasteiger partial charge >= 0.3 is 12.1 Å². The van der Waals surface area contributed by atoms with Gasteiger partial charge in [0.05, 0.1) is 23.8 Å². The first-order valence-electron chi connectivity index (χ1n) is 11.4. The predicted octanol–water partition coefficient (Wildman–Crippen LogP) is 2.12. The van der Waals surface area contributed by atoms with Crippen LogP contribution in [0.3, 0.4) is 0 Å². The number of halogens is 3. The normalized spacial score (nSPS) is 24.4. The third kappa shape index (κ3) is 5.29. The van der Waals surface area contributed by atoms with Gasteiger partial charge < -0.3 is 34.7 Å². The molecule has 1 saturated heterocycles. The van der Waals surface area contributed by atoms with Crippen molar-refractivity contribution in [2.24, 2.45) is 0 Å². The highest BCUT2D eigenvalue weighted by atomic mass is 19.4. The molecular formula is C25H26F3NO8. The van der Waals surface area contributed by atoms with Crippen molar-refractivity contribution in [3.63, 3.8) is 0 Å². The van der Waals surface area contributed by atoms with E-state index in [4.69, 9.17) is 14.3 Å². The number of rotatable bonds is 6. The SMILES string of the molecule is CC(C)OC(=O)c1cc2c(C(F)(F)F)cc(-c3ccccc3)cc2n1O[C@@H]1O[C@H](CO)[C@@H](O)[C@H](O)[C@H]1O. The van der Waals surface area contributed by atoms with Crippen molar-refractivity contribution < 1.29 is 52.7 Å². The summed E-state index contributed by atoms with van der Waals surface area (Å²) in [5, 5.41) is 39.7. The van der Waals surface area contributed by atoms with Gasteiger partial charge in [0.2, 0.25) is 0 Å². The van der Waals surface area contributed by atoms with Crippen LogP contribution in [0.2, 0.25) is 0 Å². The second-order valence-corrected chi connectivity index (χ2v) is 8.90. The van der Waals surface area contributed by atoms with E-state index in [-0.39, 0.29) is 16.5 Å². The molecule has 0 saturated carbocycles. The summed E-state index contributed by atoms with van der Waals surface area (Å²) in [6.45, 7) is 2.35. The molecule has 5 atom stereocenters. The van der Waals surface area contributed by atoms with Gasteiger partial charge in [-0.05, 0) is 43.2 Å².